The molecule has 0 bridgehead atoms. The zero-order valence-electron chi connectivity index (χ0n) is 10.5. The highest BCUT2D eigenvalue weighted by molar-refractivity contribution is 4.85. The van der Waals surface area contributed by atoms with Gasteiger partial charge in [0.1, 0.15) is 0 Å². The van der Waals surface area contributed by atoms with Crippen molar-refractivity contribution in [2.24, 2.45) is 17.6 Å². The van der Waals surface area contributed by atoms with Crippen molar-refractivity contribution in [1.82, 2.24) is 4.90 Å². The van der Waals surface area contributed by atoms with Crippen molar-refractivity contribution in [3.05, 3.63) is 0 Å². The molecule has 0 spiro atoms. The minimum atomic E-state index is 0.741. The maximum Gasteiger partial charge on any atom is 0.0469 e. The van der Waals surface area contributed by atoms with Crippen LogP contribution in [0.2, 0.25) is 0 Å². The minimum Gasteiger partial charge on any atom is -0.381 e. The molecule has 94 valence electrons. The smallest absolute Gasteiger partial charge is 0.0469 e. The van der Waals surface area contributed by atoms with Crippen molar-refractivity contribution in [2.75, 3.05) is 33.4 Å². The maximum atomic E-state index is 5.85. The van der Waals surface area contributed by atoms with Crippen LogP contribution in [0, 0.1) is 11.8 Å². The first kappa shape index (κ1) is 12.3. The molecule has 2 atom stereocenters. The molecular formula is C13H26N2O. The van der Waals surface area contributed by atoms with E-state index in [4.69, 9.17) is 10.5 Å². The lowest BCUT2D eigenvalue weighted by Crippen LogP contribution is -2.41. The summed E-state index contributed by atoms with van der Waals surface area (Å²) >= 11 is 0. The molecule has 1 saturated carbocycles. The topological polar surface area (TPSA) is 38.5 Å². The lowest BCUT2D eigenvalue weighted by molar-refractivity contribution is 0.0476. The zero-order chi connectivity index (χ0) is 11.4. The van der Waals surface area contributed by atoms with Crippen molar-refractivity contribution in [1.29, 1.82) is 0 Å². The normalized spacial score (nSPS) is 32.4. The highest BCUT2D eigenvalue weighted by Crippen LogP contribution is 2.29. The second-order valence-corrected chi connectivity index (χ2v) is 5.49. The second kappa shape index (κ2) is 5.99. The number of hydrogen-bond acceptors (Lipinski definition) is 3. The third-order valence-corrected chi connectivity index (χ3v) is 4.37. The van der Waals surface area contributed by atoms with Gasteiger partial charge in [-0.25, -0.2) is 0 Å². The van der Waals surface area contributed by atoms with Crippen LogP contribution in [-0.4, -0.2) is 44.3 Å². The summed E-state index contributed by atoms with van der Waals surface area (Å²) in [6.07, 6.45) is 6.53. The molecule has 3 heteroatoms. The first-order valence-corrected chi connectivity index (χ1v) is 6.79. The zero-order valence-corrected chi connectivity index (χ0v) is 10.5. The SMILES string of the molecule is CN(CC1CCOCC1)C1CCCC1CN. The third kappa shape index (κ3) is 2.96. The molecule has 0 aromatic heterocycles. The van der Waals surface area contributed by atoms with E-state index in [1.165, 1.54) is 38.6 Å². The van der Waals surface area contributed by atoms with Gasteiger partial charge in [-0.15, -0.1) is 0 Å². The van der Waals surface area contributed by atoms with Crippen molar-refractivity contribution in [3.8, 4) is 0 Å². The summed E-state index contributed by atoms with van der Waals surface area (Å²) in [4.78, 5) is 2.57. The van der Waals surface area contributed by atoms with E-state index in [0.29, 0.717) is 0 Å². The standard InChI is InChI=1S/C13H26N2O/c1-15(10-11-5-7-16-8-6-11)13-4-2-3-12(13)9-14/h11-13H,2-10,14H2,1H3. The Labute approximate surface area is 99.3 Å². The fourth-order valence-corrected chi connectivity index (χ4v) is 3.34. The molecule has 1 saturated heterocycles. The van der Waals surface area contributed by atoms with Gasteiger partial charge >= 0.3 is 0 Å². The number of nitrogens with two attached hydrogens (primary N) is 1. The fraction of sp³-hybridized carbons (Fsp3) is 1.00. The summed E-state index contributed by atoms with van der Waals surface area (Å²) in [5.41, 5.74) is 5.85. The molecule has 1 aliphatic heterocycles. The van der Waals surface area contributed by atoms with E-state index in [1.807, 2.05) is 0 Å². The van der Waals surface area contributed by atoms with Crippen LogP contribution in [0.1, 0.15) is 32.1 Å². The Balaban J connectivity index is 1.79. The summed E-state index contributed by atoms with van der Waals surface area (Å²) in [5, 5.41) is 0. The maximum absolute atomic E-state index is 5.85. The second-order valence-electron chi connectivity index (χ2n) is 5.49. The van der Waals surface area contributed by atoms with Crippen LogP contribution in [-0.2, 0) is 4.74 Å². The Morgan fingerprint density at radius 3 is 2.62 bits per heavy atom. The quantitative estimate of drug-likeness (QED) is 0.789. The van der Waals surface area contributed by atoms with Crippen molar-refractivity contribution < 1.29 is 4.74 Å². The van der Waals surface area contributed by atoms with E-state index >= 15 is 0 Å². The van der Waals surface area contributed by atoms with Crippen LogP contribution in [0.25, 0.3) is 0 Å². The number of hydrogen-bond donors (Lipinski definition) is 1. The molecule has 16 heavy (non-hydrogen) atoms. The van der Waals surface area contributed by atoms with Gasteiger partial charge in [-0.3, -0.25) is 0 Å². The summed E-state index contributed by atoms with van der Waals surface area (Å²) in [7, 11) is 2.29. The number of rotatable bonds is 4. The monoisotopic (exact) mass is 226 g/mol. The molecule has 1 heterocycles. The van der Waals surface area contributed by atoms with Crippen molar-refractivity contribution in [2.45, 2.75) is 38.1 Å². The van der Waals surface area contributed by atoms with Gasteiger partial charge in [-0.1, -0.05) is 6.42 Å². The molecular weight excluding hydrogens is 200 g/mol. The van der Waals surface area contributed by atoms with Crippen molar-refractivity contribution in [3.63, 3.8) is 0 Å². The van der Waals surface area contributed by atoms with E-state index in [-0.39, 0.29) is 0 Å². The predicted molar refractivity (Wildman–Crippen MR) is 66.4 cm³/mol. The molecule has 0 aromatic rings. The van der Waals surface area contributed by atoms with E-state index in [2.05, 4.69) is 11.9 Å². The van der Waals surface area contributed by atoms with Gasteiger partial charge < -0.3 is 15.4 Å². The lowest BCUT2D eigenvalue weighted by Gasteiger charge is -2.33. The predicted octanol–water partition coefficient (Wildman–Crippen LogP) is 1.47. The Hall–Kier alpha value is -0.120. The van der Waals surface area contributed by atoms with Gasteiger partial charge in [0.2, 0.25) is 0 Å². The van der Waals surface area contributed by atoms with Gasteiger partial charge in [0.15, 0.2) is 0 Å². The summed E-state index contributed by atoms with van der Waals surface area (Å²) in [6, 6.07) is 0.743. The van der Waals surface area contributed by atoms with Crippen LogP contribution in [0.5, 0.6) is 0 Å². The van der Waals surface area contributed by atoms with Crippen LogP contribution < -0.4 is 5.73 Å². The van der Waals surface area contributed by atoms with E-state index in [1.54, 1.807) is 0 Å². The molecule has 2 rings (SSSR count). The summed E-state index contributed by atoms with van der Waals surface area (Å²) in [5.74, 6) is 1.59. The molecule has 2 aliphatic rings. The molecule has 0 radical (unpaired) electrons. The first-order valence-electron chi connectivity index (χ1n) is 6.79. The largest absolute Gasteiger partial charge is 0.381 e. The Morgan fingerprint density at radius 1 is 1.19 bits per heavy atom. The van der Waals surface area contributed by atoms with Gasteiger partial charge in [-0.05, 0) is 51.1 Å². The number of nitrogens with zero attached hydrogens (tertiary/aromatic N) is 1. The van der Waals surface area contributed by atoms with Gasteiger partial charge in [0.25, 0.3) is 0 Å². The van der Waals surface area contributed by atoms with E-state index < -0.39 is 0 Å². The highest BCUT2D eigenvalue weighted by Gasteiger charge is 2.30. The summed E-state index contributed by atoms with van der Waals surface area (Å²) in [6.45, 7) is 4.03. The average molecular weight is 226 g/mol. The Bertz CT molecular complexity index is 204. The van der Waals surface area contributed by atoms with Crippen molar-refractivity contribution >= 4 is 0 Å². The van der Waals surface area contributed by atoms with E-state index in [0.717, 1.165) is 37.6 Å². The average Bonchev–Trinajstić information content (AvgIpc) is 2.78. The Morgan fingerprint density at radius 2 is 1.94 bits per heavy atom. The fourth-order valence-electron chi connectivity index (χ4n) is 3.34. The van der Waals surface area contributed by atoms with E-state index in [9.17, 15) is 0 Å². The minimum absolute atomic E-state index is 0.741. The first-order chi connectivity index (χ1) is 7.81. The lowest BCUT2D eigenvalue weighted by atomic mass is 9.97. The third-order valence-electron chi connectivity index (χ3n) is 4.37. The van der Waals surface area contributed by atoms with Gasteiger partial charge in [-0.2, -0.15) is 0 Å². The van der Waals surface area contributed by atoms with Crippen LogP contribution in [0.4, 0.5) is 0 Å². The molecule has 2 fully saturated rings. The summed E-state index contributed by atoms with van der Waals surface area (Å²) < 4.78 is 5.41. The molecule has 1 aliphatic carbocycles. The van der Waals surface area contributed by atoms with Gasteiger partial charge in [0.05, 0.1) is 0 Å². The van der Waals surface area contributed by atoms with Crippen LogP contribution in [0.3, 0.4) is 0 Å². The van der Waals surface area contributed by atoms with Gasteiger partial charge in [0, 0.05) is 25.8 Å². The van der Waals surface area contributed by atoms with Crippen LogP contribution >= 0.6 is 0 Å². The molecule has 3 nitrogen and oxygen atoms in total. The highest BCUT2D eigenvalue weighted by atomic mass is 16.5. The van der Waals surface area contributed by atoms with Crippen LogP contribution in [0.15, 0.2) is 0 Å². The Kier molecular flexibility index (Phi) is 4.62. The molecule has 0 amide bonds. The molecule has 0 aromatic carbocycles. The molecule has 2 unspecified atom stereocenters. The molecule has 2 N–H and O–H groups in total. The number of ether oxygens (including phenoxy) is 1.